The summed E-state index contributed by atoms with van der Waals surface area (Å²) in [7, 11) is 0. The van der Waals surface area contributed by atoms with Gasteiger partial charge in [0.2, 0.25) is 0 Å². The molecule has 0 aliphatic heterocycles. The average Bonchev–Trinajstić information content (AvgIpc) is 3.16. The predicted molar refractivity (Wildman–Crippen MR) is 91.0 cm³/mol. The van der Waals surface area contributed by atoms with E-state index in [9.17, 15) is 0 Å². The van der Waals surface area contributed by atoms with Gasteiger partial charge in [0, 0.05) is 21.8 Å². The SMILES string of the molecule is CC(C)(C)c1ccc(Sc2ccc([C@@H]3C[C@H]3N)cc2)cc1. The van der Waals surface area contributed by atoms with Crippen LogP contribution in [0.5, 0.6) is 0 Å². The lowest BCUT2D eigenvalue weighted by Gasteiger charge is -2.19. The van der Waals surface area contributed by atoms with Crippen LogP contribution < -0.4 is 5.73 Å². The van der Waals surface area contributed by atoms with E-state index in [2.05, 4.69) is 69.3 Å². The summed E-state index contributed by atoms with van der Waals surface area (Å²) in [4.78, 5) is 2.58. The van der Waals surface area contributed by atoms with Crippen LogP contribution in [-0.2, 0) is 5.41 Å². The fourth-order valence-corrected chi connectivity index (χ4v) is 3.36. The number of nitrogens with two attached hydrogens (primary N) is 1. The molecule has 2 atom stereocenters. The third kappa shape index (κ3) is 3.50. The lowest BCUT2D eigenvalue weighted by atomic mass is 9.87. The molecule has 0 spiro atoms. The molecule has 2 aromatic rings. The number of hydrogen-bond acceptors (Lipinski definition) is 2. The van der Waals surface area contributed by atoms with Crippen LogP contribution in [0.4, 0.5) is 0 Å². The molecule has 0 bridgehead atoms. The molecule has 2 aromatic carbocycles. The molecule has 0 radical (unpaired) electrons. The second-order valence-corrected chi connectivity index (χ2v) is 8.10. The highest BCUT2D eigenvalue weighted by Crippen LogP contribution is 2.40. The molecule has 1 aliphatic rings. The molecule has 2 N–H and O–H groups in total. The molecule has 1 fully saturated rings. The molecule has 21 heavy (non-hydrogen) atoms. The molecule has 110 valence electrons. The Morgan fingerprint density at radius 3 is 1.81 bits per heavy atom. The van der Waals surface area contributed by atoms with Gasteiger partial charge >= 0.3 is 0 Å². The topological polar surface area (TPSA) is 26.0 Å². The van der Waals surface area contributed by atoms with Crippen LogP contribution in [0.1, 0.15) is 44.2 Å². The number of rotatable bonds is 3. The summed E-state index contributed by atoms with van der Waals surface area (Å²) in [5.41, 5.74) is 8.88. The van der Waals surface area contributed by atoms with Crippen LogP contribution in [-0.4, -0.2) is 6.04 Å². The molecule has 1 saturated carbocycles. The quantitative estimate of drug-likeness (QED) is 0.867. The zero-order valence-electron chi connectivity index (χ0n) is 13.0. The summed E-state index contributed by atoms with van der Waals surface area (Å²) < 4.78 is 0. The van der Waals surface area contributed by atoms with Gasteiger partial charge in [0.25, 0.3) is 0 Å². The summed E-state index contributed by atoms with van der Waals surface area (Å²) in [5.74, 6) is 0.593. The van der Waals surface area contributed by atoms with E-state index in [1.807, 2.05) is 11.8 Å². The molecule has 0 heterocycles. The fraction of sp³-hybridized carbons (Fsp3) is 0.368. The van der Waals surface area contributed by atoms with Crippen molar-refractivity contribution in [3.05, 3.63) is 59.7 Å². The molecule has 3 rings (SSSR count). The van der Waals surface area contributed by atoms with Crippen molar-refractivity contribution in [2.75, 3.05) is 0 Å². The second-order valence-electron chi connectivity index (χ2n) is 6.95. The van der Waals surface area contributed by atoms with Gasteiger partial charge in [-0.1, -0.05) is 56.8 Å². The Balaban J connectivity index is 1.68. The average molecular weight is 297 g/mol. The Labute approximate surface area is 132 Å². The van der Waals surface area contributed by atoms with E-state index >= 15 is 0 Å². The monoisotopic (exact) mass is 297 g/mol. The highest BCUT2D eigenvalue weighted by molar-refractivity contribution is 7.99. The van der Waals surface area contributed by atoms with Gasteiger partial charge in [-0.25, -0.2) is 0 Å². The second kappa shape index (κ2) is 5.51. The van der Waals surface area contributed by atoms with Gasteiger partial charge in [-0.2, -0.15) is 0 Å². The van der Waals surface area contributed by atoms with E-state index in [0.717, 1.165) is 6.42 Å². The maximum Gasteiger partial charge on any atom is 0.0122 e. The molecular formula is C19H23NS. The lowest BCUT2D eigenvalue weighted by molar-refractivity contribution is 0.590. The van der Waals surface area contributed by atoms with Gasteiger partial charge < -0.3 is 5.73 Å². The van der Waals surface area contributed by atoms with Crippen LogP contribution in [0.2, 0.25) is 0 Å². The van der Waals surface area contributed by atoms with E-state index in [0.29, 0.717) is 12.0 Å². The molecule has 2 heteroatoms. The summed E-state index contributed by atoms with van der Waals surface area (Å²) in [6.45, 7) is 6.74. The van der Waals surface area contributed by atoms with Gasteiger partial charge in [-0.3, -0.25) is 0 Å². The highest BCUT2D eigenvalue weighted by Gasteiger charge is 2.34. The molecule has 0 unspecified atom stereocenters. The van der Waals surface area contributed by atoms with Gasteiger partial charge in [-0.15, -0.1) is 0 Å². The third-order valence-electron chi connectivity index (χ3n) is 4.10. The van der Waals surface area contributed by atoms with E-state index in [-0.39, 0.29) is 5.41 Å². The molecule has 1 aliphatic carbocycles. The summed E-state index contributed by atoms with van der Waals surface area (Å²) in [6, 6.07) is 18.2. The Morgan fingerprint density at radius 1 is 0.905 bits per heavy atom. The molecule has 0 amide bonds. The highest BCUT2D eigenvalue weighted by atomic mass is 32.2. The van der Waals surface area contributed by atoms with Crippen LogP contribution >= 0.6 is 11.8 Å². The van der Waals surface area contributed by atoms with Crippen molar-refractivity contribution in [3.8, 4) is 0 Å². The largest absolute Gasteiger partial charge is 0.327 e. The van der Waals surface area contributed by atoms with Crippen molar-refractivity contribution in [2.45, 2.75) is 54.4 Å². The van der Waals surface area contributed by atoms with Crippen molar-refractivity contribution in [3.63, 3.8) is 0 Å². The molecule has 1 nitrogen and oxygen atoms in total. The normalized spacial score (nSPS) is 21.3. The van der Waals surface area contributed by atoms with Crippen LogP contribution in [0.15, 0.2) is 58.3 Å². The minimum atomic E-state index is 0.216. The van der Waals surface area contributed by atoms with Crippen LogP contribution in [0.25, 0.3) is 0 Å². The zero-order valence-corrected chi connectivity index (χ0v) is 13.8. The van der Waals surface area contributed by atoms with Crippen LogP contribution in [0, 0.1) is 0 Å². The van der Waals surface area contributed by atoms with E-state index in [1.165, 1.54) is 20.9 Å². The Bertz CT molecular complexity index is 608. The third-order valence-corrected chi connectivity index (χ3v) is 5.12. The smallest absolute Gasteiger partial charge is 0.0122 e. The number of hydrogen-bond donors (Lipinski definition) is 1. The summed E-state index contributed by atoms with van der Waals surface area (Å²) >= 11 is 1.82. The predicted octanol–water partition coefficient (Wildman–Crippen LogP) is 4.95. The van der Waals surface area contributed by atoms with Crippen molar-refractivity contribution < 1.29 is 0 Å². The van der Waals surface area contributed by atoms with E-state index in [4.69, 9.17) is 5.73 Å². The Morgan fingerprint density at radius 2 is 1.38 bits per heavy atom. The van der Waals surface area contributed by atoms with Crippen LogP contribution in [0.3, 0.4) is 0 Å². The summed E-state index contributed by atoms with van der Waals surface area (Å²) in [5, 5.41) is 0. The zero-order chi connectivity index (χ0) is 15.0. The summed E-state index contributed by atoms with van der Waals surface area (Å²) in [6.07, 6.45) is 1.14. The molecular weight excluding hydrogens is 274 g/mol. The minimum absolute atomic E-state index is 0.216. The Hall–Kier alpha value is -1.25. The van der Waals surface area contributed by atoms with Gasteiger partial charge in [-0.05, 0) is 47.2 Å². The Kier molecular flexibility index (Phi) is 3.85. The number of benzene rings is 2. The van der Waals surface area contributed by atoms with Gasteiger partial charge in [0.1, 0.15) is 0 Å². The van der Waals surface area contributed by atoms with Crippen molar-refractivity contribution in [1.82, 2.24) is 0 Å². The maximum atomic E-state index is 5.90. The van der Waals surface area contributed by atoms with Crippen molar-refractivity contribution in [2.24, 2.45) is 5.73 Å². The van der Waals surface area contributed by atoms with Gasteiger partial charge in [0.05, 0.1) is 0 Å². The van der Waals surface area contributed by atoms with E-state index < -0.39 is 0 Å². The van der Waals surface area contributed by atoms with Crippen molar-refractivity contribution >= 4 is 11.8 Å². The first-order valence-corrected chi connectivity index (χ1v) is 8.39. The minimum Gasteiger partial charge on any atom is -0.327 e. The molecule has 0 aromatic heterocycles. The van der Waals surface area contributed by atoms with E-state index in [1.54, 1.807) is 0 Å². The standard InChI is InChI=1S/C19H23NS/c1-19(2,3)14-6-10-16(11-7-14)21-15-8-4-13(5-9-15)17-12-18(17)20/h4-11,17-18H,12,20H2,1-3H3/t17-,18+/m0/s1. The van der Waals surface area contributed by atoms with Gasteiger partial charge in [0.15, 0.2) is 0 Å². The first-order valence-electron chi connectivity index (χ1n) is 7.57. The molecule has 0 saturated heterocycles. The lowest BCUT2D eigenvalue weighted by Crippen LogP contribution is -2.10. The maximum absolute atomic E-state index is 5.90. The first-order chi connectivity index (χ1) is 9.93. The van der Waals surface area contributed by atoms with Crippen molar-refractivity contribution in [1.29, 1.82) is 0 Å². The fourth-order valence-electron chi connectivity index (χ4n) is 2.54. The first kappa shape index (κ1) is 14.7.